The van der Waals surface area contributed by atoms with E-state index >= 15 is 0 Å². The van der Waals surface area contributed by atoms with Crippen LogP contribution in [0.4, 0.5) is 0 Å². The van der Waals surface area contributed by atoms with E-state index in [0.717, 1.165) is 61.1 Å². The van der Waals surface area contributed by atoms with Gasteiger partial charge in [0, 0.05) is 90.5 Å². The first-order chi connectivity index (χ1) is 49.1. The first kappa shape index (κ1) is 109. The molecule has 1 aliphatic rings. The van der Waals surface area contributed by atoms with E-state index in [2.05, 4.69) is 186 Å². The zero-order valence-corrected chi connectivity index (χ0v) is 78.5. The average molecular weight is 1740 g/mol. The van der Waals surface area contributed by atoms with Crippen LogP contribution in [-0.2, 0) is 43.2 Å². The van der Waals surface area contributed by atoms with Crippen molar-refractivity contribution in [1.29, 1.82) is 0 Å². The lowest BCUT2D eigenvalue weighted by atomic mass is 10.0. The molecule has 616 valence electrons. The number of imide groups is 1. The molecule has 1 saturated heterocycles. The fourth-order valence-electron chi connectivity index (χ4n) is 6.02. The van der Waals surface area contributed by atoms with Gasteiger partial charge in [0.25, 0.3) is 0 Å². The Hall–Kier alpha value is -2.13. The largest absolute Gasteiger partial charge is 0.480 e. The Morgan fingerprint density at radius 2 is 1.04 bits per heavy atom. The Labute approximate surface area is 693 Å². The zero-order chi connectivity index (χ0) is 83.0. The van der Waals surface area contributed by atoms with E-state index in [1.54, 1.807) is 118 Å². The van der Waals surface area contributed by atoms with Gasteiger partial charge in [0.2, 0.25) is 29.5 Å². The monoisotopic (exact) mass is 1740 g/mol. The summed E-state index contributed by atoms with van der Waals surface area (Å²) in [5.74, 6) is 5.31. The average Bonchev–Trinajstić information content (AvgIpc) is 1.69. The predicted molar refractivity (Wildman–Crippen MR) is 475 cm³/mol. The number of amides is 5. The van der Waals surface area contributed by atoms with Crippen LogP contribution < -0.4 is 27.4 Å². The van der Waals surface area contributed by atoms with E-state index in [4.69, 9.17) is 21.7 Å². The predicted octanol–water partition coefficient (Wildman–Crippen LogP) is 17.3. The topological polar surface area (TPSA) is 356 Å². The maximum Gasteiger partial charge on any atom is 0.322 e. The second-order valence-electron chi connectivity index (χ2n) is 32.9. The molecule has 35 heteroatoms. The summed E-state index contributed by atoms with van der Waals surface area (Å²) in [6.45, 7) is 52.3. The van der Waals surface area contributed by atoms with Gasteiger partial charge in [0.15, 0.2) is 5.78 Å². The molecule has 3 aromatic rings. The Bertz CT molecular complexity index is 2900. The summed E-state index contributed by atoms with van der Waals surface area (Å²) in [4.78, 5) is 114. The van der Waals surface area contributed by atoms with Crippen molar-refractivity contribution < 1.29 is 53.4 Å². The fourth-order valence-corrected chi connectivity index (χ4v) is 24.1. The maximum atomic E-state index is 12.1. The summed E-state index contributed by atoms with van der Waals surface area (Å²) in [7, 11) is 20.7. The summed E-state index contributed by atoms with van der Waals surface area (Å²) in [5.41, 5.74) is 13.1. The number of carboxylic acid groups (broad SMARTS) is 2. The summed E-state index contributed by atoms with van der Waals surface area (Å²) in [6.07, 6.45) is 7.35. The maximum absolute atomic E-state index is 12.1. The number of H-pyrrole nitrogens is 2. The van der Waals surface area contributed by atoms with Crippen molar-refractivity contribution in [2.75, 3.05) is 70.6 Å². The van der Waals surface area contributed by atoms with Crippen molar-refractivity contribution in [1.82, 2.24) is 46.0 Å². The number of aromatic amines is 2. The molecule has 4 heterocycles. The van der Waals surface area contributed by atoms with E-state index in [-0.39, 0.29) is 81.5 Å². The van der Waals surface area contributed by atoms with Crippen molar-refractivity contribution in [2.45, 2.75) is 237 Å². The summed E-state index contributed by atoms with van der Waals surface area (Å²) < 4.78 is 0. The second kappa shape index (κ2) is 57.8. The molecule has 0 aliphatic carbocycles. The van der Waals surface area contributed by atoms with Gasteiger partial charge >= 0.3 is 11.9 Å². The molecule has 0 radical (unpaired) electrons. The van der Waals surface area contributed by atoms with Crippen LogP contribution in [0.25, 0.3) is 0 Å². The van der Waals surface area contributed by atoms with Crippen molar-refractivity contribution in [2.24, 2.45) is 49.4 Å². The van der Waals surface area contributed by atoms with Crippen molar-refractivity contribution in [3.63, 3.8) is 0 Å². The number of nitrogens with zero attached hydrogens (tertiary/aromatic N) is 4. The number of hydrogen-bond acceptors (Lipinski definition) is 27. The first-order valence-corrected chi connectivity index (χ1v) is 50.3. The van der Waals surface area contributed by atoms with Crippen LogP contribution in [0.1, 0.15) is 192 Å². The number of nitrogens with two attached hydrogens (primary N) is 2. The number of Topliss-reactive ketones (excluding diaryl/α,β-unsaturated/α-hetero) is 2. The number of hydrogen-bond donors (Lipinski definition) is 9. The molecule has 1 unspecified atom stereocenters. The van der Waals surface area contributed by atoms with E-state index in [9.17, 15) is 43.2 Å². The van der Waals surface area contributed by atoms with Crippen LogP contribution in [0.3, 0.4) is 0 Å². The Kier molecular flexibility index (Phi) is 58.9. The molecule has 107 heavy (non-hydrogen) atoms. The third-order valence-electron chi connectivity index (χ3n) is 11.6. The molecule has 3 aromatic heterocycles. The molecular weight excluding hydrogens is 1610 g/mol. The lowest BCUT2D eigenvalue weighted by molar-refractivity contribution is -0.139. The molecule has 0 spiro atoms. The van der Waals surface area contributed by atoms with Gasteiger partial charge in [0.05, 0.1) is 29.9 Å². The van der Waals surface area contributed by atoms with E-state index in [1.807, 2.05) is 76.0 Å². The van der Waals surface area contributed by atoms with Crippen molar-refractivity contribution >= 4 is 194 Å². The zero-order valence-electron chi connectivity index (χ0n) is 67.9. The van der Waals surface area contributed by atoms with Gasteiger partial charge in [0.1, 0.15) is 39.5 Å². The highest BCUT2D eigenvalue weighted by molar-refractivity contribution is 8.78. The summed E-state index contributed by atoms with van der Waals surface area (Å²) in [5, 5.41) is 34.8. The molecule has 22 nitrogen and oxygen atoms in total. The number of carboxylic acids is 2. The van der Waals surface area contributed by atoms with Gasteiger partial charge < -0.3 is 42.6 Å². The van der Waals surface area contributed by atoms with Crippen LogP contribution in [0.2, 0.25) is 0 Å². The smallest absolute Gasteiger partial charge is 0.322 e. The van der Waals surface area contributed by atoms with Crippen LogP contribution in [0.5, 0.6) is 0 Å². The fraction of sp³-hybridized carbons (Fsp3) is 0.722. The minimum atomic E-state index is -1.21. The molecule has 1 aliphatic heterocycles. The highest BCUT2D eigenvalue weighted by Crippen LogP contribution is 2.38. The number of aromatic nitrogens is 5. The standard InChI is InChI=1S/C15H27N3O6S2.C11H21NO2S2.C11H19NO2S.C10H15NS2.C9H19NOS2.2C8H14N2S2/c1-15(2,3)8-26-25-7-10(13(22)17-6-12(20)21)18-11(19)5-4-9(16)14(23)24;1-8(13)10(12-9(2)14)6-15-16-7-11(3,4)5;1-5-12-9(13)6-8(10(12)14)15-7-11(2,3)4;1-10(2,3)8-12-13-9-6-4-5-7-11-9;1-7(11)8(10)5-12-13-6-9(2,3)4;1-8(2,3)5-11-12-7-4-9-6-10-7;1-8(2,3)6-11-12-7-4-5-9-10-7/h9-10H,4-8,16H2,1-3H3,(H,17,22)(H,18,19)(H,20,21)(H,23,24);10H,6-7H2,1-5H3,(H,12,14);8H,5-7H2,1-4H3;4-7H,8H2,1-3H3;8H,5-6,10H2,1-4H3;4,6H,5H2,1-3H3,(H,9,10);4-5H,6H2,1-3H3,(H,9,10)/t9-,10-;10-;;;8-;;/m00..0../s1. The SMILES string of the molecule is CC(=O)N[C@@H](CSSCC(C)(C)C)C(C)=O.CC(=O)[C@@H](N)CSSCC(C)(C)C.CC(C)(C)CSSC[C@H](NC(=O)CC[C@H](N)C(=O)O)C(=O)NCC(=O)O.CC(C)(C)CSSc1ccccn1.CC(C)(C)CSSc1ccn[nH]1.CC(C)(C)CSSc1cnc[nH]1.CCN1C(=O)CC(SCC(C)(C)C)C1=O. The molecular formula is C72H129N11O11S13. The normalized spacial score (nSPS) is 14.3. The number of likely N-dealkylation sites (tertiary alicyclic amines) is 1. The highest BCUT2D eigenvalue weighted by Gasteiger charge is 2.38. The molecule has 0 bridgehead atoms. The number of thioether (sulfide) groups is 1. The third kappa shape index (κ3) is 71.4. The molecule has 0 saturated carbocycles. The molecule has 0 aromatic carbocycles. The van der Waals surface area contributed by atoms with Gasteiger partial charge in [-0.25, -0.2) is 9.97 Å². The number of nitrogens with one attached hydrogen (secondary N) is 5. The lowest BCUT2D eigenvalue weighted by Gasteiger charge is -2.20. The molecule has 1 fully saturated rings. The second-order valence-corrected chi connectivity index (χ2v) is 48.6. The molecule has 11 N–H and O–H groups in total. The quantitative estimate of drug-likeness (QED) is 0.0150. The Balaban J connectivity index is -0.00000120. The van der Waals surface area contributed by atoms with Gasteiger partial charge in [-0.05, 0) is 121 Å². The number of carbonyl (C=O) groups excluding carboxylic acids is 7. The number of pyridine rings is 1. The van der Waals surface area contributed by atoms with Crippen LogP contribution in [0, 0.1) is 37.9 Å². The van der Waals surface area contributed by atoms with Crippen molar-refractivity contribution in [3.8, 4) is 0 Å². The van der Waals surface area contributed by atoms with E-state index in [1.165, 1.54) is 29.5 Å². The van der Waals surface area contributed by atoms with E-state index < -0.39 is 42.4 Å². The number of ketones is 2. The van der Waals surface area contributed by atoms with Gasteiger partial charge in [-0.15, -0.1) is 11.8 Å². The van der Waals surface area contributed by atoms with Crippen LogP contribution in [0.15, 0.2) is 64.3 Å². The number of imidazole rings is 1. The molecule has 5 atom stereocenters. The molecule has 4 rings (SSSR count). The van der Waals surface area contributed by atoms with E-state index in [0.29, 0.717) is 40.4 Å². The lowest BCUT2D eigenvalue weighted by Crippen LogP contribution is -2.49. The summed E-state index contributed by atoms with van der Waals surface area (Å²) in [6, 6.07) is 5.27. The highest BCUT2D eigenvalue weighted by atomic mass is 33.1. The number of rotatable bonds is 35. The molecule has 5 amide bonds. The van der Waals surface area contributed by atoms with Gasteiger partial charge in [-0.1, -0.05) is 249 Å². The first-order valence-electron chi connectivity index (χ1n) is 34.8. The summed E-state index contributed by atoms with van der Waals surface area (Å²) >= 11 is 1.61. The Morgan fingerprint density at radius 3 is 1.42 bits per heavy atom. The Morgan fingerprint density at radius 1 is 0.570 bits per heavy atom. The number of aliphatic carboxylic acids is 2. The van der Waals surface area contributed by atoms with Gasteiger partial charge in [-0.2, -0.15) is 5.10 Å². The van der Waals surface area contributed by atoms with Crippen LogP contribution in [-0.4, -0.2) is 193 Å². The number of carbonyl (C=O) groups is 9. The van der Waals surface area contributed by atoms with Crippen molar-refractivity contribution in [3.05, 3.63) is 49.2 Å². The van der Waals surface area contributed by atoms with Crippen LogP contribution >= 0.6 is 141 Å². The minimum absolute atomic E-state index is 0.00301. The third-order valence-corrected chi connectivity index (χ3v) is 30.4. The van der Waals surface area contributed by atoms with Gasteiger partial charge in [-0.3, -0.25) is 53.1 Å². The minimum Gasteiger partial charge on any atom is -0.480 e.